The highest BCUT2D eigenvalue weighted by atomic mass is 16.5. The molecule has 2 aromatic carbocycles. The van der Waals surface area contributed by atoms with Crippen molar-refractivity contribution in [3.8, 4) is 5.75 Å². The van der Waals surface area contributed by atoms with Crippen LogP contribution >= 0.6 is 0 Å². The molecule has 2 aromatic rings. The highest BCUT2D eigenvalue weighted by Gasteiger charge is 2.28. The summed E-state index contributed by atoms with van der Waals surface area (Å²) in [6.07, 6.45) is 1.61. The Balaban J connectivity index is 1.55. The Morgan fingerprint density at radius 3 is 2.48 bits per heavy atom. The normalized spacial score (nSPS) is 16.7. The van der Waals surface area contributed by atoms with Gasteiger partial charge in [0, 0.05) is 18.8 Å². The van der Waals surface area contributed by atoms with E-state index in [9.17, 15) is 9.59 Å². The maximum atomic E-state index is 12.6. The quantitative estimate of drug-likeness (QED) is 0.880. The largest absolute Gasteiger partial charge is 0.483 e. The van der Waals surface area contributed by atoms with Gasteiger partial charge in [-0.15, -0.1) is 0 Å². The third-order valence-corrected chi connectivity index (χ3v) is 4.93. The zero-order chi connectivity index (χ0) is 19.2. The fourth-order valence-electron chi connectivity index (χ4n) is 3.44. The van der Waals surface area contributed by atoms with Gasteiger partial charge in [0.15, 0.2) is 6.61 Å². The van der Waals surface area contributed by atoms with E-state index in [1.165, 1.54) is 0 Å². The lowest BCUT2D eigenvalue weighted by Crippen LogP contribution is -2.45. The number of anilines is 1. The minimum Gasteiger partial charge on any atom is -0.483 e. The molecule has 2 amide bonds. The van der Waals surface area contributed by atoms with Crippen molar-refractivity contribution in [3.63, 3.8) is 0 Å². The van der Waals surface area contributed by atoms with Crippen molar-refractivity contribution in [1.29, 1.82) is 0 Å². The molecule has 1 unspecified atom stereocenters. The van der Waals surface area contributed by atoms with E-state index in [1.807, 2.05) is 62.4 Å². The van der Waals surface area contributed by atoms with Crippen LogP contribution in [0.15, 0.2) is 48.5 Å². The van der Waals surface area contributed by atoms with Gasteiger partial charge in [-0.1, -0.05) is 36.4 Å². The van der Waals surface area contributed by atoms with Crippen molar-refractivity contribution < 1.29 is 14.3 Å². The first-order valence-corrected chi connectivity index (χ1v) is 9.37. The van der Waals surface area contributed by atoms with Gasteiger partial charge in [-0.25, -0.2) is 0 Å². The highest BCUT2D eigenvalue weighted by molar-refractivity contribution is 5.93. The number of nitrogens with one attached hydrogen (secondary N) is 1. The number of aryl methyl sites for hydroxylation is 2. The molecule has 0 aliphatic carbocycles. The molecule has 5 heteroatoms. The van der Waals surface area contributed by atoms with Crippen LogP contribution in [0.25, 0.3) is 0 Å². The number of likely N-dealkylation sites (tertiary alicyclic amines) is 1. The minimum atomic E-state index is -0.192. The van der Waals surface area contributed by atoms with Crippen LogP contribution in [0.5, 0.6) is 5.75 Å². The van der Waals surface area contributed by atoms with E-state index < -0.39 is 0 Å². The molecule has 1 atom stereocenters. The molecule has 1 fully saturated rings. The second-order valence-corrected chi connectivity index (χ2v) is 7.04. The number of piperidine rings is 1. The molecule has 27 heavy (non-hydrogen) atoms. The molecule has 0 spiro atoms. The Labute approximate surface area is 160 Å². The van der Waals surface area contributed by atoms with Crippen LogP contribution in [0.1, 0.15) is 24.0 Å². The van der Waals surface area contributed by atoms with Crippen LogP contribution in [0.2, 0.25) is 0 Å². The van der Waals surface area contributed by atoms with Crippen LogP contribution in [0, 0.1) is 19.8 Å². The maximum absolute atomic E-state index is 12.6. The van der Waals surface area contributed by atoms with Crippen LogP contribution in [0.3, 0.4) is 0 Å². The first-order chi connectivity index (χ1) is 13.0. The van der Waals surface area contributed by atoms with Crippen LogP contribution in [0.4, 0.5) is 5.69 Å². The molecular formula is C22H26N2O3. The van der Waals surface area contributed by atoms with E-state index in [-0.39, 0.29) is 24.3 Å². The number of para-hydroxylation sites is 2. The summed E-state index contributed by atoms with van der Waals surface area (Å²) in [5, 5.41) is 2.94. The molecule has 0 saturated carbocycles. The van der Waals surface area contributed by atoms with E-state index >= 15 is 0 Å². The lowest BCUT2D eigenvalue weighted by atomic mass is 9.97. The van der Waals surface area contributed by atoms with Crippen molar-refractivity contribution in [1.82, 2.24) is 4.90 Å². The molecule has 0 radical (unpaired) electrons. The summed E-state index contributed by atoms with van der Waals surface area (Å²) in [6.45, 7) is 5.05. The van der Waals surface area contributed by atoms with Crippen molar-refractivity contribution in [3.05, 3.63) is 59.7 Å². The van der Waals surface area contributed by atoms with Gasteiger partial charge in [0.1, 0.15) is 5.75 Å². The number of amides is 2. The van der Waals surface area contributed by atoms with E-state index in [2.05, 4.69) is 5.32 Å². The van der Waals surface area contributed by atoms with Crippen LogP contribution < -0.4 is 10.1 Å². The van der Waals surface area contributed by atoms with Crippen molar-refractivity contribution in [2.24, 2.45) is 5.92 Å². The molecule has 3 rings (SSSR count). The predicted octanol–water partition coefficient (Wildman–Crippen LogP) is 3.56. The molecule has 0 bridgehead atoms. The number of hydrogen-bond acceptors (Lipinski definition) is 3. The van der Waals surface area contributed by atoms with Gasteiger partial charge >= 0.3 is 0 Å². The van der Waals surface area contributed by atoms with Gasteiger partial charge < -0.3 is 15.0 Å². The molecule has 1 aliphatic rings. The molecule has 1 saturated heterocycles. The fourth-order valence-corrected chi connectivity index (χ4v) is 3.44. The summed E-state index contributed by atoms with van der Waals surface area (Å²) < 4.78 is 5.78. The summed E-state index contributed by atoms with van der Waals surface area (Å²) in [6, 6.07) is 15.3. The van der Waals surface area contributed by atoms with Gasteiger partial charge in [-0.05, 0) is 49.9 Å². The number of benzene rings is 2. The molecule has 1 N–H and O–H groups in total. The number of ether oxygens (including phenoxy) is 1. The lowest BCUT2D eigenvalue weighted by Gasteiger charge is -2.32. The van der Waals surface area contributed by atoms with Gasteiger partial charge in [-0.2, -0.15) is 0 Å². The number of carbonyl (C=O) groups excluding carboxylic acids is 2. The average molecular weight is 366 g/mol. The lowest BCUT2D eigenvalue weighted by molar-refractivity contribution is -0.136. The fraction of sp³-hybridized carbons (Fsp3) is 0.364. The van der Waals surface area contributed by atoms with E-state index in [0.29, 0.717) is 13.1 Å². The van der Waals surface area contributed by atoms with Crippen molar-refractivity contribution in [2.45, 2.75) is 26.7 Å². The molecular weight excluding hydrogens is 340 g/mol. The Bertz CT molecular complexity index is 784. The summed E-state index contributed by atoms with van der Waals surface area (Å²) in [5.41, 5.74) is 2.81. The Morgan fingerprint density at radius 1 is 1.07 bits per heavy atom. The zero-order valence-electron chi connectivity index (χ0n) is 15.9. The average Bonchev–Trinajstić information content (AvgIpc) is 2.68. The van der Waals surface area contributed by atoms with Crippen molar-refractivity contribution >= 4 is 17.5 Å². The van der Waals surface area contributed by atoms with Crippen molar-refractivity contribution in [2.75, 3.05) is 25.0 Å². The SMILES string of the molecule is Cc1cccc(C)c1OCC(=O)N1CCCC(C(=O)Nc2ccccc2)C1. The number of rotatable bonds is 5. The summed E-state index contributed by atoms with van der Waals surface area (Å²) in [5.74, 6) is 0.466. The predicted molar refractivity (Wildman–Crippen MR) is 106 cm³/mol. The second-order valence-electron chi connectivity index (χ2n) is 7.04. The Kier molecular flexibility index (Phi) is 6.12. The van der Waals surface area contributed by atoms with Crippen LogP contribution in [-0.4, -0.2) is 36.4 Å². The third-order valence-electron chi connectivity index (χ3n) is 4.93. The topological polar surface area (TPSA) is 58.6 Å². The second kappa shape index (κ2) is 8.71. The molecule has 1 heterocycles. The van der Waals surface area contributed by atoms with E-state index in [0.717, 1.165) is 35.4 Å². The van der Waals surface area contributed by atoms with E-state index in [4.69, 9.17) is 4.74 Å². The third kappa shape index (κ3) is 4.88. The molecule has 142 valence electrons. The number of carbonyl (C=O) groups is 2. The van der Waals surface area contributed by atoms with Gasteiger partial charge in [-0.3, -0.25) is 9.59 Å². The summed E-state index contributed by atoms with van der Waals surface area (Å²) >= 11 is 0. The Morgan fingerprint density at radius 2 is 1.78 bits per heavy atom. The summed E-state index contributed by atoms with van der Waals surface area (Å²) in [4.78, 5) is 26.9. The Hall–Kier alpha value is -2.82. The summed E-state index contributed by atoms with van der Waals surface area (Å²) in [7, 11) is 0. The maximum Gasteiger partial charge on any atom is 0.260 e. The molecule has 0 aromatic heterocycles. The first kappa shape index (κ1) is 19.0. The molecule has 1 aliphatic heterocycles. The number of nitrogens with zero attached hydrogens (tertiary/aromatic N) is 1. The first-order valence-electron chi connectivity index (χ1n) is 9.37. The van der Waals surface area contributed by atoms with E-state index in [1.54, 1.807) is 4.90 Å². The smallest absolute Gasteiger partial charge is 0.260 e. The van der Waals surface area contributed by atoms with Gasteiger partial charge in [0.2, 0.25) is 5.91 Å². The van der Waals surface area contributed by atoms with Gasteiger partial charge in [0.05, 0.1) is 5.92 Å². The van der Waals surface area contributed by atoms with Gasteiger partial charge in [0.25, 0.3) is 5.91 Å². The minimum absolute atomic E-state index is 0.00127. The number of hydrogen-bond donors (Lipinski definition) is 1. The standard InChI is InChI=1S/C22H26N2O3/c1-16-8-6-9-17(2)21(16)27-15-20(25)24-13-7-10-18(14-24)22(26)23-19-11-4-3-5-12-19/h3-6,8-9,11-12,18H,7,10,13-15H2,1-2H3,(H,23,26). The zero-order valence-corrected chi connectivity index (χ0v) is 15.9. The van der Waals surface area contributed by atoms with Crippen LogP contribution in [-0.2, 0) is 9.59 Å². The molecule has 5 nitrogen and oxygen atoms in total. The highest BCUT2D eigenvalue weighted by Crippen LogP contribution is 2.23. The monoisotopic (exact) mass is 366 g/mol.